The summed E-state index contributed by atoms with van der Waals surface area (Å²) in [5, 5.41) is 12.2. The Morgan fingerprint density at radius 1 is 1.56 bits per heavy atom. The van der Waals surface area contributed by atoms with Crippen molar-refractivity contribution < 1.29 is 4.39 Å². The first-order valence-corrected chi connectivity index (χ1v) is 5.98. The van der Waals surface area contributed by atoms with Gasteiger partial charge in [-0.05, 0) is 47.0 Å². The van der Waals surface area contributed by atoms with Crippen LogP contribution in [-0.2, 0) is 0 Å². The Hall–Kier alpha value is -0.920. The van der Waals surface area contributed by atoms with E-state index in [9.17, 15) is 4.39 Å². The maximum atomic E-state index is 13.0. The molecule has 1 rings (SSSR count). The van der Waals surface area contributed by atoms with Crippen LogP contribution >= 0.6 is 15.9 Å². The summed E-state index contributed by atoms with van der Waals surface area (Å²) in [5.41, 5.74) is 0.774. The van der Waals surface area contributed by atoms with Crippen molar-refractivity contribution in [2.24, 2.45) is 0 Å². The van der Waals surface area contributed by atoms with Crippen LogP contribution in [0.2, 0.25) is 0 Å². The van der Waals surface area contributed by atoms with E-state index < -0.39 is 6.04 Å². The summed E-state index contributed by atoms with van der Waals surface area (Å²) in [4.78, 5) is 0. The summed E-state index contributed by atoms with van der Waals surface area (Å²) >= 11 is 3.11. The molecule has 0 saturated heterocycles. The Balaban J connectivity index is 2.88. The van der Waals surface area contributed by atoms with Crippen molar-refractivity contribution in [1.29, 1.82) is 5.26 Å². The fourth-order valence-electron chi connectivity index (χ4n) is 1.30. The number of nitrogens with one attached hydrogen (secondary N) is 1. The van der Waals surface area contributed by atoms with Crippen molar-refractivity contribution in [3.63, 3.8) is 0 Å². The fraction of sp³-hybridized carbons (Fsp3) is 0.417. The maximum Gasteiger partial charge on any atom is 0.137 e. The number of benzene rings is 1. The molecule has 2 nitrogen and oxygen atoms in total. The van der Waals surface area contributed by atoms with E-state index in [1.807, 2.05) is 13.8 Å². The Morgan fingerprint density at radius 2 is 2.25 bits per heavy atom. The van der Waals surface area contributed by atoms with Gasteiger partial charge >= 0.3 is 0 Å². The minimum Gasteiger partial charge on any atom is -0.296 e. The van der Waals surface area contributed by atoms with Crippen molar-refractivity contribution in [2.75, 3.05) is 0 Å². The van der Waals surface area contributed by atoms with Crippen molar-refractivity contribution >= 4 is 15.9 Å². The number of nitrogens with zero attached hydrogens (tertiary/aromatic N) is 1. The minimum atomic E-state index is -0.396. The summed E-state index contributed by atoms with van der Waals surface area (Å²) in [6, 6.07) is 6.67. The summed E-state index contributed by atoms with van der Waals surface area (Å²) in [6.45, 7) is 4.07. The second kappa shape index (κ2) is 5.97. The highest BCUT2D eigenvalue weighted by Crippen LogP contribution is 2.21. The highest BCUT2D eigenvalue weighted by molar-refractivity contribution is 9.10. The molecule has 0 heterocycles. The van der Waals surface area contributed by atoms with Crippen LogP contribution in [0.5, 0.6) is 0 Å². The summed E-state index contributed by atoms with van der Waals surface area (Å²) in [5.74, 6) is -0.316. The molecule has 86 valence electrons. The SMILES string of the molecule is CCC(C)NC(C#N)c1ccc(F)c(Br)c1. The molecule has 2 unspecified atom stereocenters. The molecular weight excluding hydrogens is 271 g/mol. The largest absolute Gasteiger partial charge is 0.296 e. The molecule has 0 aliphatic heterocycles. The number of hydrogen-bond acceptors (Lipinski definition) is 2. The van der Waals surface area contributed by atoms with E-state index in [4.69, 9.17) is 5.26 Å². The third-order valence-corrected chi connectivity index (χ3v) is 3.08. The average molecular weight is 285 g/mol. The second-order valence-electron chi connectivity index (χ2n) is 3.71. The van der Waals surface area contributed by atoms with Gasteiger partial charge in [-0.1, -0.05) is 13.0 Å². The molecule has 0 aromatic heterocycles. The molecule has 0 amide bonds. The lowest BCUT2D eigenvalue weighted by atomic mass is 10.1. The predicted molar refractivity (Wildman–Crippen MR) is 65.3 cm³/mol. The van der Waals surface area contributed by atoms with Gasteiger partial charge in [-0.15, -0.1) is 0 Å². The van der Waals surface area contributed by atoms with Gasteiger partial charge in [0.05, 0.1) is 10.5 Å². The summed E-state index contributed by atoms with van der Waals surface area (Å²) < 4.78 is 13.4. The first kappa shape index (κ1) is 13.1. The predicted octanol–water partition coefficient (Wildman–Crippen LogP) is 3.54. The molecular formula is C12H14BrFN2. The zero-order chi connectivity index (χ0) is 12.1. The van der Waals surface area contributed by atoms with Crippen LogP contribution in [0, 0.1) is 17.1 Å². The molecule has 0 radical (unpaired) electrons. The zero-order valence-corrected chi connectivity index (χ0v) is 10.9. The highest BCUT2D eigenvalue weighted by atomic mass is 79.9. The summed E-state index contributed by atoms with van der Waals surface area (Å²) in [7, 11) is 0. The van der Waals surface area contributed by atoms with Gasteiger partial charge in [0.2, 0.25) is 0 Å². The molecule has 4 heteroatoms. The molecule has 1 aromatic carbocycles. The van der Waals surface area contributed by atoms with Crippen LogP contribution < -0.4 is 5.32 Å². The molecule has 0 spiro atoms. The maximum absolute atomic E-state index is 13.0. The molecule has 2 atom stereocenters. The van der Waals surface area contributed by atoms with Crippen LogP contribution in [0.3, 0.4) is 0 Å². The monoisotopic (exact) mass is 284 g/mol. The van der Waals surface area contributed by atoms with Gasteiger partial charge in [0.1, 0.15) is 11.9 Å². The molecule has 0 aliphatic carbocycles. The van der Waals surface area contributed by atoms with Gasteiger partial charge in [-0.2, -0.15) is 5.26 Å². The fourth-order valence-corrected chi connectivity index (χ4v) is 1.70. The number of halogens is 2. The molecule has 1 aromatic rings. The van der Waals surface area contributed by atoms with Gasteiger partial charge in [0.15, 0.2) is 0 Å². The molecule has 0 aliphatic rings. The number of rotatable bonds is 4. The standard InChI is InChI=1S/C12H14BrFN2/c1-3-8(2)16-12(7-15)9-4-5-11(14)10(13)6-9/h4-6,8,12,16H,3H2,1-2H3. The Morgan fingerprint density at radius 3 is 2.75 bits per heavy atom. The van der Waals surface area contributed by atoms with Gasteiger partial charge < -0.3 is 0 Å². The van der Waals surface area contributed by atoms with E-state index in [2.05, 4.69) is 27.3 Å². The van der Waals surface area contributed by atoms with E-state index in [0.717, 1.165) is 12.0 Å². The minimum absolute atomic E-state index is 0.258. The van der Waals surface area contributed by atoms with Crippen molar-refractivity contribution in [3.05, 3.63) is 34.1 Å². The van der Waals surface area contributed by atoms with Crippen molar-refractivity contribution in [3.8, 4) is 6.07 Å². The molecule has 1 N–H and O–H groups in total. The lowest BCUT2D eigenvalue weighted by Gasteiger charge is -2.17. The highest BCUT2D eigenvalue weighted by Gasteiger charge is 2.13. The van der Waals surface area contributed by atoms with Crippen LogP contribution in [0.4, 0.5) is 4.39 Å². The zero-order valence-electron chi connectivity index (χ0n) is 9.30. The lowest BCUT2D eigenvalue weighted by Crippen LogP contribution is -2.29. The van der Waals surface area contributed by atoms with E-state index in [0.29, 0.717) is 4.47 Å². The average Bonchev–Trinajstić information content (AvgIpc) is 2.29. The van der Waals surface area contributed by atoms with Crippen LogP contribution in [0.25, 0.3) is 0 Å². The van der Waals surface area contributed by atoms with Crippen LogP contribution in [-0.4, -0.2) is 6.04 Å². The molecule has 0 saturated carbocycles. The molecule has 0 bridgehead atoms. The Labute approximate surface area is 104 Å². The van der Waals surface area contributed by atoms with E-state index in [-0.39, 0.29) is 11.9 Å². The Kier molecular flexibility index (Phi) is 4.91. The quantitative estimate of drug-likeness (QED) is 0.918. The third kappa shape index (κ3) is 3.29. The van der Waals surface area contributed by atoms with Crippen LogP contribution in [0.1, 0.15) is 31.9 Å². The van der Waals surface area contributed by atoms with E-state index in [1.54, 1.807) is 12.1 Å². The first-order chi connectivity index (χ1) is 7.58. The molecule has 16 heavy (non-hydrogen) atoms. The lowest BCUT2D eigenvalue weighted by molar-refractivity contribution is 0.500. The smallest absolute Gasteiger partial charge is 0.137 e. The Bertz CT molecular complexity index is 400. The number of nitriles is 1. The van der Waals surface area contributed by atoms with E-state index >= 15 is 0 Å². The first-order valence-electron chi connectivity index (χ1n) is 5.19. The van der Waals surface area contributed by atoms with Crippen LogP contribution in [0.15, 0.2) is 22.7 Å². The van der Waals surface area contributed by atoms with Crippen molar-refractivity contribution in [1.82, 2.24) is 5.32 Å². The van der Waals surface area contributed by atoms with Gasteiger partial charge in [0, 0.05) is 6.04 Å². The van der Waals surface area contributed by atoms with Gasteiger partial charge in [-0.25, -0.2) is 4.39 Å². The van der Waals surface area contributed by atoms with Gasteiger partial charge in [0.25, 0.3) is 0 Å². The molecule has 0 fully saturated rings. The van der Waals surface area contributed by atoms with Gasteiger partial charge in [-0.3, -0.25) is 5.32 Å². The van der Waals surface area contributed by atoms with Crippen molar-refractivity contribution in [2.45, 2.75) is 32.4 Å². The number of hydrogen-bond donors (Lipinski definition) is 1. The van der Waals surface area contributed by atoms with E-state index in [1.165, 1.54) is 6.07 Å². The third-order valence-electron chi connectivity index (χ3n) is 2.47. The summed E-state index contributed by atoms with van der Waals surface area (Å²) in [6.07, 6.45) is 0.945. The topological polar surface area (TPSA) is 35.8 Å². The normalized spacial score (nSPS) is 14.2. The second-order valence-corrected chi connectivity index (χ2v) is 4.57.